The first-order valence-corrected chi connectivity index (χ1v) is 11.7. The zero-order chi connectivity index (χ0) is 25.2. The van der Waals surface area contributed by atoms with Crippen molar-refractivity contribution in [1.82, 2.24) is 15.1 Å². The van der Waals surface area contributed by atoms with Gasteiger partial charge in [0.15, 0.2) is 0 Å². The molecule has 8 nitrogen and oxygen atoms in total. The molecule has 2 aromatic carbocycles. The molecule has 0 radical (unpaired) electrons. The van der Waals surface area contributed by atoms with Gasteiger partial charge in [-0.05, 0) is 74.2 Å². The first-order valence-electron chi connectivity index (χ1n) is 11.3. The minimum Gasteiger partial charge on any atom is -0.465 e. The van der Waals surface area contributed by atoms with Crippen molar-refractivity contribution >= 4 is 35.1 Å². The first-order chi connectivity index (χ1) is 16.7. The first kappa shape index (κ1) is 24.5. The third kappa shape index (κ3) is 5.54. The molecular formula is C26H27ClN4O4. The van der Waals surface area contributed by atoms with Crippen LogP contribution in [0.25, 0.3) is 0 Å². The van der Waals surface area contributed by atoms with Gasteiger partial charge < -0.3 is 15.4 Å². The Kier molecular flexibility index (Phi) is 6.93. The highest BCUT2D eigenvalue weighted by molar-refractivity contribution is 6.30. The van der Waals surface area contributed by atoms with Crippen LogP contribution in [-0.4, -0.2) is 34.7 Å². The maximum absolute atomic E-state index is 13.2. The topological polar surface area (TPSA) is 102 Å². The molecule has 3 aromatic rings. The lowest BCUT2D eigenvalue weighted by Crippen LogP contribution is -2.29. The summed E-state index contributed by atoms with van der Waals surface area (Å²) in [6.45, 7) is 4.02. The molecule has 0 saturated heterocycles. The molecule has 1 fully saturated rings. The second-order valence-corrected chi connectivity index (χ2v) is 9.25. The Labute approximate surface area is 208 Å². The Morgan fingerprint density at radius 1 is 1.09 bits per heavy atom. The highest BCUT2D eigenvalue weighted by Crippen LogP contribution is 2.49. The monoisotopic (exact) mass is 494 g/mol. The molecule has 0 aliphatic heterocycles. The number of benzene rings is 2. The maximum atomic E-state index is 13.2. The number of carbonyl (C=O) groups is 3. The van der Waals surface area contributed by atoms with Gasteiger partial charge in [-0.15, -0.1) is 0 Å². The SMILES string of the molecule is COC(=O)c1cc(CNC(=O)Cn2nc(C)cc2C)cc(NC(=O)C2(c3ccc(Cl)cc3)CC2)c1. The molecule has 182 valence electrons. The van der Waals surface area contributed by atoms with Crippen LogP contribution in [0.5, 0.6) is 0 Å². The zero-order valence-electron chi connectivity index (χ0n) is 19.9. The largest absolute Gasteiger partial charge is 0.465 e. The van der Waals surface area contributed by atoms with Gasteiger partial charge in [0, 0.05) is 22.9 Å². The molecule has 0 bridgehead atoms. The molecule has 2 amide bonds. The summed E-state index contributed by atoms with van der Waals surface area (Å²) in [4.78, 5) is 37.9. The van der Waals surface area contributed by atoms with Crippen LogP contribution < -0.4 is 10.6 Å². The van der Waals surface area contributed by atoms with Crippen molar-refractivity contribution in [3.05, 3.63) is 81.6 Å². The van der Waals surface area contributed by atoms with Gasteiger partial charge in [-0.3, -0.25) is 14.3 Å². The van der Waals surface area contributed by atoms with Crippen molar-refractivity contribution in [2.75, 3.05) is 12.4 Å². The number of ether oxygens (including phenoxy) is 1. The molecule has 1 saturated carbocycles. The average molecular weight is 495 g/mol. The minimum atomic E-state index is -0.611. The van der Waals surface area contributed by atoms with Crippen molar-refractivity contribution in [1.29, 1.82) is 0 Å². The van der Waals surface area contributed by atoms with Gasteiger partial charge in [0.1, 0.15) is 6.54 Å². The molecule has 0 spiro atoms. The number of aryl methyl sites for hydroxylation is 2. The summed E-state index contributed by atoms with van der Waals surface area (Å²) >= 11 is 6.00. The van der Waals surface area contributed by atoms with Gasteiger partial charge in [-0.2, -0.15) is 5.10 Å². The third-order valence-electron chi connectivity index (χ3n) is 6.14. The number of halogens is 1. The van der Waals surface area contributed by atoms with Crippen LogP contribution in [0.3, 0.4) is 0 Å². The van der Waals surface area contributed by atoms with Crippen molar-refractivity contribution in [2.24, 2.45) is 0 Å². The van der Waals surface area contributed by atoms with Gasteiger partial charge in [0.2, 0.25) is 11.8 Å². The number of nitrogens with one attached hydrogen (secondary N) is 2. The van der Waals surface area contributed by atoms with E-state index in [9.17, 15) is 14.4 Å². The normalized spacial score (nSPS) is 13.7. The minimum absolute atomic E-state index is 0.0869. The molecule has 2 N–H and O–H groups in total. The summed E-state index contributed by atoms with van der Waals surface area (Å²) in [6.07, 6.45) is 1.46. The Bertz CT molecular complexity index is 1280. The highest BCUT2D eigenvalue weighted by atomic mass is 35.5. The lowest BCUT2D eigenvalue weighted by Gasteiger charge is -2.17. The van der Waals surface area contributed by atoms with E-state index in [2.05, 4.69) is 15.7 Å². The highest BCUT2D eigenvalue weighted by Gasteiger charge is 2.51. The van der Waals surface area contributed by atoms with E-state index in [1.54, 1.807) is 35.0 Å². The Morgan fingerprint density at radius 3 is 2.40 bits per heavy atom. The van der Waals surface area contributed by atoms with Crippen LogP contribution in [0.4, 0.5) is 5.69 Å². The van der Waals surface area contributed by atoms with E-state index in [0.717, 1.165) is 29.8 Å². The van der Waals surface area contributed by atoms with Gasteiger partial charge in [-0.25, -0.2) is 4.79 Å². The molecule has 9 heteroatoms. The van der Waals surface area contributed by atoms with Crippen LogP contribution in [0, 0.1) is 13.8 Å². The predicted molar refractivity (Wildman–Crippen MR) is 132 cm³/mol. The number of rotatable bonds is 8. The van der Waals surface area contributed by atoms with E-state index in [4.69, 9.17) is 16.3 Å². The second kappa shape index (κ2) is 9.92. The number of carbonyl (C=O) groups excluding carboxylic acids is 3. The number of nitrogens with zero attached hydrogens (tertiary/aromatic N) is 2. The number of anilines is 1. The lowest BCUT2D eigenvalue weighted by molar-refractivity contribution is -0.122. The van der Waals surface area contributed by atoms with Crippen LogP contribution in [0.2, 0.25) is 5.02 Å². The van der Waals surface area contributed by atoms with Crippen LogP contribution in [0.15, 0.2) is 48.5 Å². The van der Waals surface area contributed by atoms with Crippen molar-refractivity contribution in [3.63, 3.8) is 0 Å². The summed E-state index contributed by atoms with van der Waals surface area (Å²) in [5, 5.41) is 10.7. The smallest absolute Gasteiger partial charge is 0.337 e. The molecule has 4 rings (SSSR count). The number of esters is 1. The second-order valence-electron chi connectivity index (χ2n) is 8.81. The molecular weight excluding hydrogens is 468 g/mol. The van der Waals surface area contributed by atoms with E-state index in [0.29, 0.717) is 16.3 Å². The van der Waals surface area contributed by atoms with E-state index < -0.39 is 11.4 Å². The molecule has 35 heavy (non-hydrogen) atoms. The zero-order valence-corrected chi connectivity index (χ0v) is 20.6. The Hall–Kier alpha value is -3.65. The summed E-state index contributed by atoms with van der Waals surface area (Å²) in [7, 11) is 1.29. The average Bonchev–Trinajstić information content (AvgIpc) is 3.58. The molecule has 1 aliphatic rings. The predicted octanol–water partition coefficient (Wildman–Crippen LogP) is 3.93. The van der Waals surface area contributed by atoms with Gasteiger partial charge in [-0.1, -0.05) is 23.7 Å². The van der Waals surface area contributed by atoms with Crippen molar-refractivity contribution in [2.45, 2.75) is 45.2 Å². The van der Waals surface area contributed by atoms with Crippen molar-refractivity contribution < 1.29 is 19.1 Å². The third-order valence-corrected chi connectivity index (χ3v) is 6.39. The molecule has 1 aromatic heterocycles. The number of amides is 2. The van der Waals surface area contributed by atoms with Crippen molar-refractivity contribution in [3.8, 4) is 0 Å². The standard InChI is InChI=1S/C26H27ClN4O4/c1-16-10-17(2)31(30-16)15-23(32)28-14-18-11-19(24(33)35-3)13-22(12-18)29-25(34)26(8-9-26)20-4-6-21(27)7-5-20/h4-7,10-13H,8-9,14-15H2,1-3H3,(H,28,32)(H,29,34). The Balaban J connectivity index is 1.49. The fourth-order valence-corrected chi connectivity index (χ4v) is 4.25. The van der Waals surface area contributed by atoms with Gasteiger partial charge in [0.25, 0.3) is 0 Å². The number of aromatic nitrogens is 2. The van der Waals surface area contributed by atoms with Crippen LogP contribution in [0.1, 0.15) is 45.7 Å². The molecule has 1 heterocycles. The molecule has 1 aliphatic carbocycles. The van der Waals surface area contributed by atoms with Gasteiger partial charge >= 0.3 is 5.97 Å². The maximum Gasteiger partial charge on any atom is 0.337 e. The molecule has 0 unspecified atom stereocenters. The fourth-order valence-electron chi connectivity index (χ4n) is 4.12. The van der Waals surface area contributed by atoms with Crippen LogP contribution >= 0.6 is 11.6 Å². The number of hydrogen-bond donors (Lipinski definition) is 2. The number of hydrogen-bond acceptors (Lipinski definition) is 5. The van der Waals surface area contributed by atoms with E-state index in [-0.39, 0.29) is 30.5 Å². The summed E-state index contributed by atoms with van der Waals surface area (Å²) < 4.78 is 6.50. The molecule has 0 atom stereocenters. The summed E-state index contributed by atoms with van der Waals surface area (Å²) in [5.74, 6) is -0.901. The summed E-state index contributed by atoms with van der Waals surface area (Å²) in [5.41, 5.74) is 3.42. The quantitative estimate of drug-likeness (QED) is 0.462. The Morgan fingerprint density at radius 2 is 1.80 bits per heavy atom. The van der Waals surface area contributed by atoms with Gasteiger partial charge in [0.05, 0.1) is 23.8 Å². The number of methoxy groups -OCH3 is 1. The van der Waals surface area contributed by atoms with E-state index in [1.807, 2.05) is 32.0 Å². The lowest BCUT2D eigenvalue weighted by atomic mass is 9.95. The van der Waals surface area contributed by atoms with E-state index in [1.165, 1.54) is 7.11 Å². The summed E-state index contributed by atoms with van der Waals surface area (Å²) in [6, 6.07) is 14.1. The van der Waals surface area contributed by atoms with E-state index >= 15 is 0 Å². The fraction of sp³-hybridized carbons (Fsp3) is 0.308. The van der Waals surface area contributed by atoms with Crippen LogP contribution in [-0.2, 0) is 32.8 Å².